The van der Waals surface area contributed by atoms with Crippen LogP contribution in [0.25, 0.3) is 0 Å². The molecular weight excluding hydrogens is 246 g/mol. The molecule has 0 aliphatic carbocycles. The van der Waals surface area contributed by atoms with Crippen molar-refractivity contribution in [1.29, 1.82) is 0 Å². The number of carbonyl (C=O) groups is 1. The number of ether oxygens (including phenoxy) is 1. The molecule has 1 aliphatic heterocycles. The first-order valence-electron chi connectivity index (χ1n) is 6.33. The number of aryl methyl sites for hydroxylation is 1. The Hall–Kier alpha value is -1.16. The Balaban J connectivity index is 2.16. The van der Waals surface area contributed by atoms with E-state index >= 15 is 0 Å². The molecule has 1 aromatic carbocycles. The molecule has 0 bridgehead atoms. The van der Waals surface area contributed by atoms with Gasteiger partial charge in [-0.05, 0) is 37.6 Å². The van der Waals surface area contributed by atoms with Crippen LogP contribution < -0.4 is 4.90 Å². The number of benzene rings is 1. The third-order valence-corrected chi connectivity index (χ3v) is 4.02. The number of carbonyl (C=O) groups excluding carboxylic acids is 1. The summed E-state index contributed by atoms with van der Waals surface area (Å²) in [4.78, 5) is 14.1. The largest absolute Gasteiger partial charge is 0.462 e. The standard InChI is InChI=1S/C14H19NO2S/c1-3-17-14(16)13-5-4-12(10-11(13)2)15-6-8-18-9-7-15/h4-5,10H,3,6-9H2,1-2H3. The van der Waals surface area contributed by atoms with Gasteiger partial charge in [-0.15, -0.1) is 0 Å². The van der Waals surface area contributed by atoms with Gasteiger partial charge in [-0.3, -0.25) is 0 Å². The summed E-state index contributed by atoms with van der Waals surface area (Å²) in [5.74, 6) is 2.13. The molecule has 0 radical (unpaired) electrons. The number of hydrogen-bond donors (Lipinski definition) is 0. The molecule has 1 aromatic rings. The number of anilines is 1. The molecule has 1 saturated heterocycles. The van der Waals surface area contributed by atoms with Crippen LogP contribution in [0.2, 0.25) is 0 Å². The summed E-state index contributed by atoms with van der Waals surface area (Å²) < 4.78 is 5.04. The highest BCUT2D eigenvalue weighted by molar-refractivity contribution is 7.99. The van der Waals surface area contributed by atoms with E-state index in [0.29, 0.717) is 12.2 Å². The average molecular weight is 265 g/mol. The molecule has 3 nitrogen and oxygen atoms in total. The van der Waals surface area contributed by atoms with Crippen molar-refractivity contribution in [2.24, 2.45) is 0 Å². The second kappa shape index (κ2) is 6.14. The molecule has 0 N–H and O–H groups in total. The molecule has 1 fully saturated rings. The van der Waals surface area contributed by atoms with Crippen molar-refractivity contribution < 1.29 is 9.53 Å². The van der Waals surface area contributed by atoms with Gasteiger partial charge in [0.05, 0.1) is 12.2 Å². The molecule has 1 heterocycles. The van der Waals surface area contributed by atoms with Crippen LogP contribution in [-0.4, -0.2) is 37.2 Å². The van der Waals surface area contributed by atoms with Crippen LogP contribution in [0.15, 0.2) is 18.2 Å². The van der Waals surface area contributed by atoms with Crippen molar-refractivity contribution in [2.75, 3.05) is 36.1 Å². The molecule has 0 saturated carbocycles. The Bertz CT molecular complexity index is 428. The molecule has 0 spiro atoms. The van der Waals surface area contributed by atoms with Gasteiger partial charge in [0, 0.05) is 30.3 Å². The maximum Gasteiger partial charge on any atom is 0.338 e. The molecule has 2 rings (SSSR count). The van der Waals surface area contributed by atoms with E-state index in [9.17, 15) is 4.79 Å². The zero-order chi connectivity index (χ0) is 13.0. The number of rotatable bonds is 3. The molecule has 98 valence electrons. The molecule has 0 aromatic heterocycles. The van der Waals surface area contributed by atoms with Gasteiger partial charge >= 0.3 is 5.97 Å². The van der Waals surface area contributed by atoms with Crippen LogP contribution in [-0.2, 0) is 4.74 Å². The summed E-state index contributed by atoms with van der Waals surface area (Å²) in [7, 11) is 0. The Morgan fingerprint density at radius 1 is 1.39 bits per heavy atom. The average Bonchev–Trinajstić information content (AvgIpc) is 2.40. The molecule has 4 heteroatoms. The lowest BCUT2D eigenvalue weighted by Crippen LogP contribution is -2.32. The Labute approximate surface area is 113 Å². The minimum atomic E-state index is -0.226. The van der Waals surface area contributed by atoms with Gasteiger partial charge in [-0.2, -0.15) is 11.8 Å². The van der Waals surface area contributed by atoms with E-state index in [0.717, 1.165) is 18.7 Å². The Morgan fingerprint density at radius 2 is 2.11 bits per heavy atom. The lowest BCUT2D eigenvalue weighted by atomic mass is 10.1. The van der Waals surface area contributed by atoms with E-state index in [1.807, 2.05) is 37.7 Å². The lowest BCUT2D eigenvalue weighted by Gasteiger charge is -2.29. The fourth-order valence-corrected chi connectivity index (χ4v) is 3.01. The molecule has 0 amide bonds. The fraction of sp³-hybridized carbons (Fsp3) is 0.500. The summed E-state index contributed by atoms with van der Waals surface area (Å²) in [6, 6.07) is 5.99. The van der Waals surface area contributed by atoms with Crippen molar-refractivity contribution in [3.63, 3.8) is 0 Å². The summed E-state index contributed by atoms with van der Waals surface area (Å²) in [6.07, 6.45) is 0. The number of nitrogens with zero attached hydrogens (tertiary/aromatic N) is 1. The van der Waals surface area contributed by atoms with Crippen LogP contribution in [0.3, 0.4) is 0 Å². The van der Waals surface area contributed by atoms with Crippen LogP contribution in [0.5, 0.6) is 0 Å². The number of hydrogen-bond acceptors (Lipinski definition) is 4. The number of esters is 1. The van der Waals surface area contributed by atoms with Gasteiger partial charge in [0.25, 0.3) is 0 Å². The minimum Gasteiger partial charge on any atom is -0.462 e. The minimum absolute atomic E-state index is 0.226. The van der Waals surface area contributed by atoms with Crippen molar-refractivity contribution in [2.45, 2.75) is 13.8 Å². The van der Waals surface area contributed by atoms with Crippen molar-refractivity contribution in [3.8, 4) is 0 Å². The van der Waals surface area contributed by atoms with E-state index in [2.05, 4.69) is 11.0 Å². The van der Waals surface area contributed by atoms with Gasteiger partial charge in [-0.25, -0.2) is 4.79 Å². The number of thioether (sulfide) groups is 1. The van der Waals surface area contributed by atoms with Crippen LogP contribution in [0, 0.1) is 6.92 Å². The van der Waals surface area contributed by atoms with E-state index in [1.54, 1.807) is 0 Å². The molecule has 0 unspecified atom stereocenters. The smallest absolute Gasteiger partial charge is 0.338 e. The van der Waals surface area contributed by atoms with Gasteiger partial charge in [-0.1, -0.05) is 0 Å². The first-order chi connectivity index (χ1) is 8.72. The molecule has 18 heavy (non-hydrogen) atoms. The van der Waals surface area contributed by atoms with Gasteiger partial charge < -0.3 is 9.64 Å². The second-order valence-electron chi connectivity index (χ2n) is 4.32. The summed E-state index contributed by atoms with van der Waals surface area (Å²) in [5, 5.41) is 0. The maximum atomic E-state index is 11.7. The van der Waals surface area contributed by atoms with Crippen molar-refractivity contribution in [1.82, 2.24) is 0 Å². The SMILES string of the molecule is CCOC(=O)c1ccc(N2CCSCC2)cc1C. The normalized spacial score (nSPS) is 15.6. The van der Waals surface area contributed by atoms with E-state index < -0.39 is 0 Å². The van der Waals surface area contributed by atoms with Crippen LogP contribution in [0.1, 0.15) is 22.8 Å². The highest BCUT2D eigenvalue weighted by Gasteiger charge is 2.14. The Morgan fingerprint density at radius 3 is 2.72 bits per heavy atom. The van der Waals surface area contributed by atoms with Crippen molar-refractivity contribution >= 4 is 23.4 Å². The first-order valence-corrected chi connectivity index (χ1v) is 7.48. The summed E-state index contributed by atoms with van der Waals surface area (Å²) >= 11 is 2.00. The molecule has 0 atom stereocenters. The van der Waals surface area contributed by atoms with E-state index in [1.165, 1.54) is 17.2 Å². The van der Waals surface area contributed by atoms with Crippen LogP contribution >= 0.6 is 11.8 Å². The predicted octanol–water partition coefficient (Wildman–Crippen LogP) is 2.72. The fourth-order valence-electron chi connectivity index (χ4n) is 2.10. The first kappa shape index (κ1) is 13.3. The van der Waals surface area contributed by atoms with E-state index in [-0.39, 0.29) is 5.97 Å². The topological polar surface area (TPSA) is 29.5 Å². The second-order valence-corrected chi connectivity index (χ2v) is 5.54. The quantitative estimate of drug-likeness (QED) is 0.786. The third kappa shape index (κ3) is 2.99. The monoisotopic (exact) mass is 265 g/mol. The molecule has 1 aliphatic rings. The predicted molar refractivity (Wildman–Crippen MR) is 76.7 cm³/mol. The summed E-state index contributed by atoms with van der Waals surface area (Å²) in [5.41, 5.74) is 2.87. The Kier molecular flexibility index (Phi) is 4.53. The zero-order valence-corrected chi connectivity index (χ0v) is 11.8. The summed E-state index contributed by atoms with van der Waals surface area (Å²) in [6.45, 7) is 6.39. The lowest BCUT2D eigenvalue weighted by molar-refractivity contribution is 0.0525. The highest BCUT2D eigenvalue weighted by atomic mass is 32.2. The highest BCUT2D eigenvalue weighted by Crippen LogP contribution is 2.22. The van der Waals surface area contributed by atoms with Gasteiger partial charge in [0.15, 0.2) is 0 Å². The van der Waals surface area contributed by atoms with Gasteiger partial charge in [0.1, 0.15) is 0 Å². The van der Waals surface area contributed by atoms with E-state index in [4.69, 9.17) is 4.74 Å². The van der Waals surface area contributed by atoms with Crippen LogP contribution in [0.4, 0.5) is 5.69 Å². The zero-order valence-electron chi connectivity index (χ0n) is 10.9. The van der Waals surface area contributed by atoms with Gasteiger partial charge in [0.2, 0.25) is 0 Å². The molecular formula is C14H19NO2S. The maximum absolute atomic E-state index is 11.7. The third-order valence-electron chi connectivity index (χ3n) is 3.08. The van der Waals surface area contributed by atoms with Crippen molar-refractivity contribution in [3.05, 3.63) is 29.3 Å².